The van der Waals surface area contributed by atoms with Gasteiger partial charge in [0.05, 0.1) is 0 Å². The molecule has 110 valence electrons. The summed E-state index contributed by atoms with van der Waals surface area (Å²) in [6.45, 7) is 6.28. The number of hydrogen-bond donors (Lipinski definition) is 1. The highest BCUT2D eigenvalue weighted by Crippen LogP contribution is 2.30. The van der Waals surface area contributed by atoms with E-state index in [1.807, 2.05) is 25.1 Å². The third kappa shape index (κ3) is 3.56. The smallest absolute Gasteiger partial charge is 0.339 e. The number of carboxylic acid groups (broad SMARTS) is 1. The Morgan fingerprint density at radius 2 is 1.90 bits per heavy atom. The quantitative estimate of drug-likeness (QED) is 0.837. The molecule has 0 fully saturated rings. The molecule has 0 unspecified atom stereocenters. The van der Waals surface area contributed by atoms with Crippen molar-refractivity contribution in [3.63, 3.8) is 0 Å². The molecule has 0 aliphatic rings. The molecule has 1 N–H and O–H groups in total. The van der Waals surface area contributed by atoms with Crippen LogP contribution in [0.5, 0.6) is 11.5 Å². The average molecular weight is 305 g/mol. The van der Waals surface area contributed by atoms with Crippen LogP contribution in [0.25, 0.3) is 0 Å². The van der Waals surface area contributed by atoms with Gasteiger partial charge in [-0.25, -0.2) is 4.79 Å². The normalized spacial score (nSPS) is 10.7. The number of hydrogen-bond acceptors (Lipinski definition) is 2. The number of benzene rings is 2. The third-order valence-electron chi connectivity index (χ3n) is 3.26. The first kappa shape index (κ1) is 15.4. The van der Waals surface area contributed by atoms with Gasteiger partial charge in [0.1, 0.15) is 17.1 Å². The molecule has 0 aliphatic carbocycles. The monoisotopic (exact) mass is 304 g/mol. The first-order valence-electron chi connectivity index (χ1n) is 6.69. The molecule has 0 bridgehead atoms. The molecule has 0 heterocycles. The number of ether oxygens (including phenoxy) is 1. The molecular formula is C17H17ClO3. The lowest BCUT2D eigenvalue weighted by atomic mass is 9.98. The molecule has 0 amide bonds. The summed E-state index contributed by atoms with van der Waals surface area (Å²) in [4.78, 5) is 11.2. The Balaban J connectivity index is 2.35. The first-order chi connectivity index (χ1) is 9.88. The Morgan fingerprint density at radius 1 is 1.19 bits per heavy atom. The number of carbonyl (C=O) groups is 1. The standard InChI is InChI=1S/C17H17ClO3/c1-10(2)14-6-5-13(8-11(14)3)21-16-7-4-12(18)9-15(16)17(19)20/h4-10H,1-3H3,(H,19,20). The van der Waals surface area contributed by atoms with Gasteiger partial charge in [-0.15, -0.1) is 0 Å². The summed E-state index contributed by atoms with van der Waals surface area (Å²) >= 11 is 5.83. The van der Waals surface area contributed by atoms with Crippen molar-refractivity contribution in [1.29, 1.82) is 0 Å². The Labute approximate surface area is 129 Å². The summed E-state index contributed by atoms with van der Waals surface area (Å²) in [7, 11) is 0. The van der Waals surface area contributed by atoms with Gasteiger partial charge in [0.2, 0.25) is 0 Å². The van der Waals surface area contributed by atoms with Crippen LogP contribution in [-0.2, 0) is 0 Å². The maximum Gasteiger partial charge on any atom is 0.339 e. The summed E-state index contributed by atoms with van der Waals surface area (Å²) < 4.78 is 5.70. The molecule has 2 aromatic carbocycles. The summed E-state index contributed by atoms with van der Waals surface area (Å²) in [6.07, 6.45) is 0. The molecule has 3 nitrogen and oxygen atoms in total. The van der Waals surface area contributed by atoms with E-state index in [0.717, 1.165) is 5.56 Å². The van der Waals surface area contributed by atoms with Crippen LogP contribution in [0.2, 0.25) is 5.02 Å². The van der Waals surface area contributed by atoms with E-state index in [1.165, 1.54) is 11.6 Å². The van der Waals surface area contributed by atoms with Crippen molar-refractivity contribution in [3.8, 4) is 11.5 Å². The molecule has 0 aromatic heterocycles. The highest BCUT2D eigenvalue weighted by atomic mass is 35.5. The van der Waals surface area contributed by atoms with Crippen LogP contribution in [0.4, 0.5) is 0 Å². The number of aromatic carboxylic acids is 1. The predicted octanol–water partition coefficient (Wildman–Crippen LogP) is 5.26. The van der Waals surface area contributed by atoms with Gasteiger partial charge in [-0.1, -0.05) is 31.5 Å². The Hall–Kier alpha value is -2.00. The van der Waals surface area contributed by atoms with Crippen molar-refractivity contribution < 1.29 is 14.6 Å². The van der Waals surface area contributed by atoms with E-state index in [2.05, 4.69) is 13.8 Å². The van der Waals surface area contributed by atoms with E-state index in [1.54, 1.807) is 12.1 Å². The Kier molecular flexibility index (Phi) is 4.53. The van der Waals surface area contributed by atoms with Crippen LogP contribution >= 0.6 is 11.6 Å². The lowest BCUT2D eigenvalue weighted by molar-refractivity contribution is 0.0694. The number of aryl methyl sites for hydroxylation is 1. The van der Waals surface area contributed by atoms with E-state index in [9.17, 15) is 9.90 Å². The summed E-state index contributed by atoms with van der Waals surface area (Å²) in [5.41, 5.74) is 2.42. The van der Waals surface area contributed by atoms with E-state index in [-0.39, 0.29) is 11.3 Å². The highest BCUT2D eigenvalue weighted by molar-refractivity contribution is 6.31. The van der Waals surface area contributed by atoms with Crippen LogP contribution in [0.1, 0.15) is 41.3 Å². The molecule has 2 rings (SSSR count). The highest BCUT2D eigenvalue weighted by Gasteiger charge is 2.13. The van der Waals surface area contributed by atoms with Gasteiger partial charge in [0.15, 0.2) is 0 Å². The van der Waals surface area contributed by atoms with Gasteiger partial charge in [0, 0.05) is 5.02 Å². The van der Waals surface area contributed by atoms with Crippen molar-refractivity contribution in [2.45, 2.75) is 26.7 Å². The fraction of sp³-hybridized carbons (Fsp3) is 0.235. The second-order valence-corrected chi connectivity index (χ2v) is 5.66. The van der Waals surface area contributed by atoms with Crippen molar-refractivity contribution in [2.24, 2.45) is 0 Å². The van der Waals surface area contributed by atoms with Gasteiger partial charge in [-0.05, 0) is 54.3 Å². The van der Waals surface area contributed by atoms with Crippen LogP contribution < -0.4 is 4.74 Å². The second-order valence-electron chi connectivity index (χ2n) is 5.22. The first-order valence-corrected chi connectivity index (χ1v) is 7.07. The second kappa shape index (κ2) is 6.19. The van der Waals surface area contributed by atoms with E-state index in [0.29, 0.717) is 16.7 Å². The summed E-state index contributed by atoms with van der Waals surface area (Å²) in [5, 5.41) is 9.57. The van der Waals surface area contributed by atoms with Crippen molar-refractivity contribution in [1.82, 2.24) is 0 Å². The van der Waals surface area contributed by atoms with Gasteiger partial charge in [-0.3, -0.25) is 0 Å². The zero-order valence-electron chi connectivity index (χ0n) is 12.2. The van der Waals surface area contributed by atoms with Gasteiger partial charge >= 0.3 is 5.97 Å². The zero-order valence-corrected chi connectivity index (χ0v) is 12.9. The summed E-state index contributed by atoms with van der Waals surface area (Å²) in [6, 6.07) is 10.3. The minimum Gasteiger partial charge on any atom is -0.478 e. The number of carboxylic acids is 1. The molecular weight excluding hydrogens is 288 g/mol. The fourth-order valence-electron chi connectivity index (χ4n) is 2.24. The minimum atomic E-state index is -1.07. The molecule has 0 spiro atoms. The largest absolute Gasteiger partial charge is 0.478 e. The molecule has 2 aromatic rings. The van der Waals surface area contributed by atoms with Crippen molar-refractivity contribution in [2.75, 3.05) is 0 Å². The van der Waals surface area contributed by atoms with Crippen molar-refractivity contribution >= 4 is 17.6 Å². The lowest BCUT2D eigenvalue weighted by Crippen LogP contribution is -2.00. The van der Waals surface area contributed by atoms with Crippen LogP contribution in [0.15, 0.2) is 36.4 Å². The predicted molar refractivity (Wildman–Crippen MR) is 83.8 cm³/mol. The Morgan fingerprint density at radius 3 is 2.48 bits per heavy atom. The summed E-state index contributed by atoms with van der Waals surface area (Å²) in [5.74, 6) is 0.262. The molecule has 0 saturated carbocycles. The molecule has 4 heteroatoms. The maximum atomic E-state index is 11.2. The molecule has 0 radical (unpaired) electrons. The SMILES string of the molecule is Cc1cc(Oc2ccc(Cl)cc2C(=O)O)ccc1C(C)C. The maximum absolute atomic E-state index is 11.2. The van der Waals surface area contributed by atoms with E-state index >= 15 is 0 Å². The minimum absolute atomic E-state index is 0.0492. The Bertz CT molecular complexity index is 678. The molecule has 0 aliphatic heterocycles. The number of rotatable bonds is 4. The molecule has 0 atom stereocenters. The lowest BCUT2D eigenvalue weighted by Gasteiger charge is -2.13. The van der Waals surface area contributed by atoms with Crippen LogP contribution in [-0.4, -0.2) is 11.1 Å². The van der Waals surface area contributed by atoms with Crippen molar-refractivity contribution in [3.05, 3.63) is 58.1 Å². The molecule has 0 saturated heterocycles. The van der Waals surface area contributed by atoms with Crippen LogP contribution in [0, 0.1) is 6.92 Å². The zero-order chi connectivity index (χ0) is 15.6. The topological polar surface area (TPSA) is 46.5 Å². The van der Waals surface area contributed by atoms with Gasteiger partial charge in [0.25, 0.3) is 0 Å². The number of halogens is 1. The average Bonchev–Trinajstić information content (AvgIpc) is 2.40. The van der Waals surface area contributed by atoms with Gasteiger partial charge in [-0.2, -0.15) is 0 Å². The molecule has 21 heavy (non-hydrogen) atoms. The third-order valence-corrected chi connectivity index (χ3v) is 3.50. The van der Waals surface area contributed by atoms with Crippen LogP contribution in [0.3, 0.4) is 0 Å². The van der Waals surface area contributed by atoms with E-state index < -0.39 is 5.97 Å². The van der Waals surface area contributed by atoms with Gasteiger partial charge < -0.3 is 9.84 Å². The van der Waals surface area contributed by atoms with E-state index in [4.69, 9.17) is 16.3 Å². The fourth-order valence-corrected chi connectivity index (χ4v) is 2.42.